The van der Waals surface area contributed by atoms with Crippen molar-refractivity contribution in [3.8, 4) is 0 Å². The van der Waals surface area contributed by atoms with Crippen LogP contribution >= 0.6 is 10.0 Å². The van der Waals surface area contributed by atoms with Crippen LogP contribution in [0.1, 0.15) is 0 Å². The van der Waals surface area contributed by atoms with E-state index in [-0.39, 0.29) is 0 Å². The summed E-state index contributed by atoms with van der Waals surface area (Å²) >= 11 is 0. The zero-order valence-electron chi connectivity index (χ0n) is 10.5. The Morgan fingerprint density at radius 3 is 1.65 bits per heavy atom. The average molecular weight is 243 g/mol. The van der Waals surface area contributed by atoms with E-state index in [0.717, 1.165) is 0 Å². The van der Waals surface area contributed by atoms with Crippen LogP contribution in [0, 0.1) is 0 Å². The van der Waals surface area contributed by atoms with Crippen molar-refractivity contribution in [2.45, 2.75) is 9.79 Å². The molecule has 0 fully saturated rings. The minimum atomic E-state index is -0.876. The maximum Gasteiger partial charge on any atom is 0.0534 e. The molecule has 0 saturated heterocycles. The van der Waals surface area contributed by atoms with Gasteiger partial charge in [-0.1, -0.05) is 24.3 Å². The maximum atomic E-state index is 2.39. The van der Waals surface area contributed by atoms with Gasteiger partial charge in [-0.3, -0.25) is 0 Å². The molecule has 88 valence electrons. The molecule has 17 heavy (non-hydrogen) atoms. The van der Waals surface area contributed by atoms with Crippen molar-refractivity contribution >= 4 is 21.4 Å². The second-order valence-corrected chi connectivity index (χ2v) is 8.35. The molecule has 0 unspecified atom stereocenters. The van der Waals surface area contributed by atoms with Gasteiger partial charge in [-0.15, -0.1) is 0 Å². The summed E-state index contributed by atoms with van der Waals surface area (Å²) in [6, 6.07) is 17.5. The van der Waals surface area contributed by atoms with E-state index in [9.17, 15) is 0 Å². The van der Waals surface area contributed by atoms with E-state index in [1.807, 2.05) is 0 Å². The maximum absolute atomic E-state index is 2.39. The first-order valence-corrected chi connectivity index (χ1v) is 8.22. The van der Waals surface area contributed by atoms with Crippen LogP contribution in [-0.2, 0) is 0 Å². The van der Waals surface area contributed by atoms with Crippen molar-refractivity contribution in [2.75, 3.05) is 24.5 Å². The minimum Gasteiger partial charge on any atom is -0.343 e. The van der Waals surface area contributed by atoms with Crippen LogP contribution in [-0.4, -0.2) is 19.6 Å². The van der Waals surface area contributed by atoms with Crippen LogP contribution in [0.3, 0.4) is 0 Å². The molecule has 1 aliphatic heterocycles. The lowest BCUT2D eigenvalue weighted by atomic mass is 10.2. The molecule has 2 heteroatoms. The van der Waals surface area contributed by atoms with Gasteiger partial charge in [0.15, 0.2) is 0 Å². The Hall–Kier alpha value is -1.41. The summed E-state index contributed by atoms with van der Waals surface area (Å²) in [5.74, 6) is 0. The van der Waals surface area contributed by atoms with Gasteiger partial charge in [-0.05, 0) is 36.8 Å². The van der Waals surface area contributed by atoms with Crippen molar-refractivity contribution in [1.82, 2.24) is 0 Å². The number of hydrogen-bond donors (Lipinski definition) is 0. The summed E-state index contributed by atoms with van der Waals surface area (Å²) in [4.78, 5) is 5.28. The van der Waals surface area contributed by atoms with Gasteiger partial charge in [0.2, 0.25) is 0 Å². The van der Waals surface area contributed by atoms with Crippen LogP contribution in [0.25, 0.3) is 0 Å². The third kappa shape index (κ3) is 1.40. The molecule has 0 N–H and O–H groups in total. The van der Waals surface area contributed by atoms with E-state index in [1.165, 1.54) is 21.2 Å². The lowest BCUT2D eigenvalue weighted by Gasteiger charge is -2.43. The number of hydrogen-bond acceptors (Lipinski definition) is 1. The number of rotatable bonds is 0. The standard InChI is InChI=1S/C15H17NS/c1-16-12-8-4-6-10-14(12)17(2,3)15-11-7-5-9-13(15)16/h4-11H,1-3H3. The predicted octanol–water partition coefficient (Wildman–Crippen LogP) is 4.25. The van der Waals surface area contributed by atoms with Crippen LogP contribution in [0.2, 0.25) is 0 Å². The van der Waals surface area contributed by atoms with Gasteiger partial charge in [0, 0.05) is 16.8 Å². The topological polar surface area (TPSA) is 3.24 Å². The zero-order valence-corrected chi connectivity index (χ0v) is 11.3. The monoisotopic (exact) mass is 243 g/mol. The fourth-order valence-electron chi connectivity index (χ4n) is 2.58. The van der Waals surface area contributed by atoms with Gasteiger partial charge in [0.25, 0.3) is 0 Å². The van der Waals surface area contributed by atoms with Gasteiger partial charge in [0.05, 0.1) is 11.4 Å². The summed E-state index contributed by atoms with van der Waals surface area (Å²) in [7, 11) is 1.28. The van der Waals surface area contributed by atoms with E-state index >= 15 is 0 Å². The third-order valence-electron chi connectivity index (χ3n) is 3.55. The van der Waals surface area contributed by atoms with Crippen LogP contribution in [0.5, 0.6) is 0 Å². The molecule has 0 saturated carbocycles. The van der Waals surface area contributed by atoms with E-state index < -0.39 is 10.0 Å². The lowest BCUT2D eigenvalue weighted by molar-refractivity contribution is 1.10. The number of para-hydroxylation sites is 2. The number of anilines is 2. The molecule has 0 bridgehead atoms. The summed E-state index contributed by atoms with van der Waals surface area (Å²) in [6.45, 7) is 0. The second kappa shape index (κ2) is 3.54. The van der Waals surface area contributed by atoms with Crippen molar-refractivity contribution in [2.24, 2.45) is 0 Å². The first-order valence-electron chi connectivity index (χ1n) is 5.77. The highest BCUT2D eigenvalue weighted by atomic mass is 32.3. The van der Waals surface area contributed by atoms with E-state index in [2.05, 4.69) is 73.0 Å². The fraction of sp³-hybridized carbons (Fsp3) is 0.200. The molecule has 0 radical (unpaired) electrons. The molecule has 0 atom stereocenters. The Kier molecular flexibility index (Phi) is 2.23. The quantitative estimate of drug-likeness (QED) is 0.668. The molecule has 3 rings (SSSR count). The molecule has 2 aromatic carbocycles. The van der Waals surface area contributed by atoms with Crippen molar-refractivity contribution < 1.29 is 0 Å². The minimum absolute atomic E-state index is 0.876. The van der Waals surface area contributed by atoms with E-state index in [1.54, 1.807) is 0 Å². The Morgan fingerprint density at radius 1 is 0.765 bits per heavy atom. The summed E-state index contributed by atoms with van der Waals surface area (Å²) in [5.41, 5.74) is 2.71. The fourth-order valence-corrected chi connectivity index (χ4v) is 5.11. The summed E-state index contributed by atoms with van der Waals surface area (Å²) in [5, 5.41) is 0. The van der Waals surface area contributed by atoms with E-state index in [0.29, 0.717) is 0 Å². The number of benzene rings is 2. The molecule has 0 spiro atoms. The Bertz CT molecular complexity index is 525. The molecule has 1 nitrogen and oxygen atoms in total. The van der Waals surface area contributed by atoms with Gasteiger partial charge in [-0.2, -0.15) is 10.0 Å². The molecular weight excluding hydrogens is 226 g/mol. The second-order valence-electron chi connectivity index (χ2n) is 4.82. The molecule has 1 aliphatic rings. The SMILES string of the molecule is CN1c2ccccc2S(C)(C)c2ccccc21. The van der Waals surface area contributed by atoms with Crippen molar-refractivity contribution in [1.29, 1.82) is 0 Å². The first kappa shape index (κ1) is 10.7. The molecule has 0 aliphatic carbocycles. The van der Waals surface area contributed by atoms with Crippen molar-refractivity contribution in [3.63, 3.8) is 0 Å². The van der Waals surface area contributed by atoms with Crippen LogP contribution in [0.15, 0.2) is 58.3 Å². The smallest absolute Gasteiger partial charge is 0.0534 e. The molecule has 0 aromatic heterocycles. The summed E-state index contributed by atoms with van der Waals surface area (Å²) < 4.78 is 0. The highest BCUT2D eigenvalue weighted by Gasteiger charge is 2.30. The Morgan fingerprint density at radius 2 is 1.18 bits per heavy atom. The first-order chi connectivity index (χ1) is 8.12. The molecule has 0 amide bonds. The highest BCUT2D eigenvalue weighted by molar-refractivity contribution is 8.33. The van der Waals surface area contributed by atoms with E-state index in [4.69, 9.17) is 0 Å². The zero-order chi connectivity index (χ0) is 12.0. The highest BCUT2D eigenvalue weighted by Crippen LogP contribution is 2.65. The van der Waals surface area contributed by atoms with Crippen LogP contribution < -0.4 is 4.90 Å². The normalized spacial score (nSPS) is 18.2. The van der Waals surface area contributed by atoms with Crippen LogP contribution in [0.4, 0.5) is 11.4 Å². The van der Waals surface area contributed by atoms with Gasteiger partial charge < -0.3 is 4.90 Å². The third-order valence-corrected chi connectivity index (χ3v) is 6.44. The molecular formula is C15H17NS. The number of fused-ring (bicyclic) bond motifs is 2. The largest absolute Gasteiger partial charge is 0.343 e. The van der Waals surface area contributed by atoms with Gasteiger partial charge in [-0.25, -0.2) is 0 Å². The van der Waals surface area contributed by atoms with Gasteiger partial charge >= 0.3 is 0 Å². The Labute approximate surface area is 104 Å². The molecule has 2 aromatic rings. The Balaban J connectivity index is 2.34. The molecule has 1 heterocycles. The van der Waals surface area contributed by atoms with Crippen molar-refractivity contribution in [3.05, 3.63) is 48.5 Å². The van der Waals surface area contributed by atoms with Gasteiger partial charge in [0.1, 0.15) is 0 Å². The average Bonchev–Trinajstić information content (AvgIpc) is 2.37. The number of nitrogens with zero attached hydrogens (tertiary/aromatic N) is 1. The lowest BCUT2D eigenvalue weighted by Crippen LogP contribution is -2.19. The summed E-state index contributed by atoms with van der Waals surface area (Å²) in [6.07, 6.45) is 4.77. The predicted molar refractivity (Wildman–Crippen MR) is 76.9 cm³/mol.